The minimum Gasteiger partial charge on any atom is -0.497 e. The van der Waals surface area contributed by atoms with Gasteiger partial charge in [0.1, 0.15) is 17.2 Å². The number of amides is 1. The number of rotatable bonds is 5. The van der Waals surface area contributed by atoms with Crippen LogP contribution in [0.4, 0.5) is 5.69 Å². The summed E-state index contributed by atoms with van der Waals surface area (Å²) in [7, 11) is 4.71. The Kier molecular flexibility index (Phi) is 5.95. The fourth-order valence-corrected chi connectivity index (χ4v) is 3.38. The van der Waals surface area contributed by atoms with E-state index in [2.05, 4.69) is 0 Å². The van der Waals surface area contributed by atoms with Gasteiger partial charge < -0.3 is 19.3 Å². The van der Waals surface area contributed by atoms with E-state index in [4.69, 9.17) is 9.47 Å². The lowest BCUT2D eigenvalue weighted by molar-refractivity contribution is -0.133. The predicted octanol–water partition coefficient (Wildman–Crippen LogP) is 0.129. The van der Waals surface area contributed by atoms with Gasteiger partial charge in [-0.25, -0.2) is 4.79 Å². The van der Waals surface area contributed by atoms with Crippen molar-refractivity contribution in [2.45, 2.75) is 6.92 Å². The molecule has 2 heterocycles. The number of aromatic nitrogens is 2. The maximum Gasteiger partial charge on any atom is 0.330 e. The number of piperazine rings is 1. The SMILES string of the molecule is COc1ccc(OCC(=O)N2CCN(c3c(C)n(C)c(=O)n(C)c3=O)CC2)cc1. The monoisotopic (exact) mass is 402 g/mol. The Hall–Kier alpha value is -3.23. The molecule has 0 unspecified atom stereocenters. The molecule has 0 N–H and O–H groups in total. The van der Waals surface area contributed by atoms with E-state index < -0.39 is 0 Å². The molecule has 0 aliphatic carbocycles. The lowest BCUT2D eigenvalue weighted by Crippen LogP contribution is -2.52. The highest BCUT2D eigenvalue weighted by Crippen LogP contribution is 2.18. The Morgan fingerprint density at radius 3 is 2.14 bits per heavy atom. The normalized spacial score (nSPS) is 14.1. The summed E-state index contributed by atoms with van der Waals surface area (Å²) in [5, 5.41) is 0. The fraction of sp³-hybridized carbons (Fsp3) is 0.450. The first kappa shape index (κ1) is 20.5. The first-order chi connectivity index (χ1) is 13.8. The summed E-state index contributed by atoms with van der Waals surface area (Å²) in [6, 6.07) is 7.05. The standard InChI is InChI=1S/C20H26N4O5/c1-14-18(19(26)22(3)20(27)21(14)2)24-11-9-23(10-12-24)17(25)13-29-16-7-5-15(28-4)6-8-16/h5-8H,9-13H2,1-4H3. The van der Waals surface area contributed by atoms with Gasteiger partial charge in [0.15, 0.2) is 6.61 Å². The highest BCUT2D eigenvalue weighted by Gasteiger charge is 2.25. The van der Waals surface area contributed by atoms with Crippen molar-refractivity contribution in [1.82, 2.24) is 14.0 Å². The zero-order valence-corrected chi connectivity index (χ0v) is 17.2. The van der Waals surface area contributed by atoms with E-state index in [1.807, 2.05) is 4.90 Å². The van der Waals surface area contributed by atoms with Crippen LogP contribution in [0, 0.1) is 6.92 Å². The highest BCUT2D eigenvalue weighted by molar-refractivity contribution is 5.78. The van der Waals surface area contributed by atoms with Crippen LogP contribution in [-0.4, -0.2) is 59.8 Å². The summed E-state index contributed by atoms with van der Waals surface area (Å²) in [5.74, 6) is 1.22. The third-order valence-corrected chi connectivity index (χ3v) is 5.30. The number of hydrogen-bond acceptors (Lipinski definition) is 6. The number of carbonyl (C=O) groups excluding carboxylic acids is 1. The molecule has 1 saturated heterocycles. The van der Waals surface area contributed by atoms with Crippen molar-refractivity contribution in [3.8, 4) is 11.5 Å². The van der Waals surface area contributed by atoms with Crippen LogP contribution in [0.1, 0.15) is 5.69 Å². The second-order valence-electron chi connectivity index (χ2n) is 6.97. The van der Waals surface area contributed by atoms with Gasteiger partial charge in [-0.05, 0) is 31.2 Å². The molecule has 29 heavy (non-hydrogen) atoms. The first-order valence-corrected chi connectivity index (χ1v) is 9.39. The Labute approximate surface area is 168 Å². The van der Waals surface area contributed by atoms with Crippen molar-refractivity contribution in [2.24, 2.45) is 14.1 Å². The van der Waals surface area contributed by atoms with E-state index in [1.165, 1.54) is 11.6 Å². The predicted molar refractivity (Wildman–Crippen MR) is 109 cm³/mol. The van der Waals surface area contributed by atoms with Gasteiger partial charge in [-0.2, -0.15) is 0 Å². The van der Waals surface area contributed by atoms with Crippen LogP contribution in [0.3, 0.4) is 0 Å². The van der Waals surface area contributed by atoms with E-state index in [0.717, 1.165) is 10.3 Å². The molecule has 0 atom stereocenters. The lowest BCUT2D eigenvalue weighted by Gasteiger charge is -2.36. The minimum absolute atomic E-state index is 0.0486. The molecule has 0 radical (unpaired) electrons. The Bertz CT molecular complexity index is 1000. The van der Waals surface area contributed by atoms with Crippen molar-refractivity contribution >= 4 is 11.6 Å². The van der Waals surface area contributed by atoms with Crippen LogP contribution in [0.2, 0.25) is 0 Å². The molecule has 0 saturated carbocycles. The summed E-state index contributed by atoms with van der Waals surface area (Å²) in [4.78, 5) is 40.8. The number of ether oxygens (including phenoxy) is 2. The lowest BCUT2D eigenvalue weighted by atomic mass is 10.2. The second-order valence-corrected chi connectivity index (χ2v) is 6.97. The number of benzene rings is 1. The van der Waals surface area contributed by atoms with Gasteiger partial charge in [0.25, 0.3) is 11.5 Å². The zero-order valence-electron chi connectivity index (χ0n) is 17.2. The van der Waals surface area contributed by atoms with E-state index in [1.54, 1.807) is 50.2 Å². The smallest absolute Gasteiger partial charge is 0.330 e. The van der Waals surface area contributed by atoms with Gasteiger partial charge >= 0.3 is 5.69 Å². The van der Waals surface area contributed by atoms with Gasteiger partial charge in [-0.3, -0.25) is 18.7 Å². The summed E-state index contributed by atoms with van der Waals surface area (Å²) in [6.45, 7) is 3.71. The number of anilines is 1. The molecule has 3 rings (SSSR count). The molecular formula is C20H26N4O5. The van der Waals surface area contributed by atoms with Crippen LogP contribution in [0.5, 0.6) is 11.5 Å². The summed E-state index contributed by atoms with van der Waals surface area (Å²) < 4.78 is 13.2. The minimum atomic E-state index is -0.347. The van der Waals surface area contributed by atoms with E-state index in [-0.39, 0.29) is 23.8 Å². The molecule has 156 valence electrons. The molecular weight excluding hydrogens is 376 g/mol. The number of methoxy groups -OCH3 is 1. The van der Waals surface area contributed by atoms with Crippen LogP contribution in [0.25, 0.3) is 0 Å². The van der Waals surface area contributed by atoms with Crippen molar-refractivity contribution in [2.75, 3.05) is 44.8 Å². The summed E-state index contributed by atoms with van der Waals surface area (Å²) in [5.41, 5.74) is 0.478. The van der Waals surface area contributed by atoms with Crippen molar-refractivity contribution < 1.29 is 14.3 Å². The Morgan fingerprint density at radius 2 is 1.55 bits per heavy atom. The second kappa shape index (κ2) is 8.42. The average molecular weight is 402 g/mol. The summed E-state index contributed by atoms with van der Waals surface area (Å²) >= 11 is 0. The Balaban J connectivity index is 1.61. The Morgan fingerprint density at radius 1 is 0.966 bits per heavy atom. The fourth-order valence-electron chi connectivity index (χ4n) is 3.38. The third-order valence-electron chi connectivity index (χ3n) is 5.30. The van der Waals surface area contributed by atoms with E-state index in [9.17, 15) is 14.4 Å². The van der Waals surface area contributed by atoms with Gasteiger partial charge in [-0.15, -0.1) is 0 Å². The maximum absolute atomic E-state index is 12.6. The molecule has 1 fully saturated rings. The zero-order chi connectivity index (χ0) is 21.1. The quantitative estimate of drug-likeness (QED) is 0.707. The third kappa shape index (κ3) is 4.13. The molecule has 9 heteroatoms. The summed E-state index contributed by atoms with van der Waals surface area (Å²) in [6.07, 6.45) is 0. The number of carbonyl (C=O) groups is 1. The molecule has 0 bridgehead atoms. The molecule has 1 aliphatic rings. The van der Waals surface area contributed by atoms with Crippen LogP contribution >= 0.6 is 0 Å². The molecule has 2 aromatic rings. The van der Waals surface area contributed by atoms with Crippen molar-refractivity contribution in [3.63, 3.8) is 0 Å². The van der Waals surface area contributed by atoms with E-state index in [0.29, 0.717) is 43.3 Å². The topological polar surface area (TPSA) is 86.0 Å². The number of hydrogen-bond donors (Lipinski definition) is 0. The van der Waals surface area contributed by atoms with Crippen LogP contribution < -0.4 is 25.6 Å². The van der Waals surface area contributed by atoms with Gasteiger partial charge in [0.05, 0.1) is 7.11 Å². The van der Waals surface area contributed by atoms with Crippen molar-refractivity contribution in [3.05, 3.63) is 50.8 Å². The first-order valence-electron chi connectivity index (χ1n) is 9.39. The largest absolute Gasteiger partial charge is 0.497 e. The molecule has 0 spiro atoms. The number of nitrogens with zero attached hydrogens (tertiary/aromatic N) is 4. The van der Waals surface area contributed by atoms with E-state index >= 15 is 0 Å². The molecule has 1 amide bonds. The van der Waals surface area contributed by atoms with Gasteiger partial charge in [0, 0.05) is 46.0 Å². The van der Waals surface area contributed by atoms with Gasteiger partial charge in [0.2, 0.25) is 0 Å². The molecule has 9 nitrogen and oxygen atoms in total. The highest BCUT2D eigenvalue weighted by atomic mass is 16.5. The van der Waals surface area contributed by atoms with Crippen LogP contribution in [-0.2, 0) is 18.9 Å². The molecule has 1 aromatic carbocycles. The maximum atomic E-state index is 12.6. The van der Waals surface area contributed by atoms with Crippen LogP contribution in [0.15, 0.2) is 33.9 Å². The van der Waals surface area contributed by atoms with Crippen molar-refractivity contribution in [1.29, 1.82) is 0 Å². The molecule has 1 aliphatic heterocycles. The molecule has 1 aromatic heterocycles. The average Bonchev–Trinajstić information content (AvgIpc) is 2.75. The van der Waals surface area contributed by atoms with Gasteiger partial charge in [-0.1, -0.05) is 0 Å².